The number of carbonyl (C=O) groups excluding carboxylic acids is 1. The van der Waals surface area contributed by atoms with E-state index in [0.29, 0.717) is 37.4 Å². The number of oxazole rings is 1. The zero-order chi connectivity index (χ0) is 26.4. The Morgan fingerprint density at radius 3 is 2.47 bits per heavy atom. The van der Waals surface area contributed by atoms with Crippen LogP contribution in [-0.2, 0) is 34.8 Å². The molecule has 1 aliphatic carbocycles. The predicted octanol–water partition coefficient (Wildman–Crippen LogP) is 2.01. The average molecular weight is 543 g/mol. The molecule has 12 heteroatoms. The van der Waals surface area contributed by atoms with Crippen LogP contribution in [0.1, 0.15) is 44.3 Å². The van der Waals surface area contributed by atoms with Gasteiger partial charge in [0.2, 0.25) is 15.9 Å². The summed E-state index contributed by atoms with van der Waals surface area (Å²) in [5.41, 5.74) is 0.789. The molecular weight excluding hydrogens is 508 g/mol. The van der Waals surface area contributed by atoms with Crippen molar-refractivity contribution in [1.82, 2.24) is 28.5 Å². The topological polar surface area (TPSA) is 124 Å². The van der Waals surface area contributed by atoms with Gasteiger partial charge < -0.3 is 13.9 Å². The molecule has 0 radical (unpaired) electrons. The first-order valence-electron chi connectivity index (χ1n) is 13.5. The fourth-order valence-electron chi connectivity index (χ4n) is 5.81. The number of aromatic nitrogens is 4. The summed E-state index contributed by atoms with van der Waals surface area (Å²) in [6.45, 7) is 3.08. The third-order valence-electron chi connectivity index (χ3n) is 8.45. The van der Waals surface area contributed by atoms with Crippen molar-refractivity contribution in [3.8, 4) is 0 Å². The maximum atomic E-state index is 13.3. The van der Waals surface area contributed by atoms with Gasteiger partial charge in [0.15, 0.2) is 5.58 Å². The van der Waals surface area contributed by atoms with E-state index in [1.165, 1.54) is 33.8 Å². The molecule has 1 amide bonds. The van der Waals surface area contributed by atoms with E-state index in [4.69, 9.17) is 4.42 Å². The maximum Gasteiger partial charge on any atom is 0.419 e. The second-order valence-electron chi connectivity index (χ2n) is 11.1. The molecule has 38 heavy (non-hydrogen) atoms. The van der Waals surface area contributed by atoms with E-state index in [9.17, 15) is 18.0 Å². The minimum atomic E-state index is -3.75. The van der Waals surface area contributed by atoms with Crippen molar-refractivity contribution < 1.29 is 17.6 Å². The second kappa shape index (κ2) is 9.96. The Morgan fingerprint density at radius 2 is 1.76 bits per heavy atom. The number of fused-ring (bicyclic) bond motifs is 1. The lowest BCUT2D eigenvalue weighted by Gasteiger charge is -2.37. The maximum absolute atomic E-state index is 13.3. The molecule has 2 aliphatic heterocycles. The molecule has 3 aliphatic rings. The zero-order valence-corrected chi connectivity index (χ0v) is 22.5. The van der Waals surface area contributed by atoms with Crippen LogP contribution in [-0.4, -0.2) is 69.0 Å². The molecule has 204 valence electrons. The molecule has 3 fully saturated rings. The monoisotopic (exact) mass is 542 g/mol. The van der Waals surface area contributed by atoms with E-state index >= 15 is 0 Å². The Balaban J connectivity index is 1.02. The van der Waals surface area contributed by atoms with E-state index in [0.717, 1.165) is 50.6 Å². The van der Waals surface area contributed by atoms with Crippen molar-refractivity contribution in [2.24, 2.45) is 24.8 Å². The minimum absolute atomic E-state index is 0.0964. The lowest BCUT2D eigenvalue weighted by atomic mass is 9.90. The Morgan fingerprint density at radius 1 is 1.03 bits per heavy atom. The summed E-state index contributed by atoms with van der Waals surface area (Å²) < 4.78 is 36.6. The van der Waals surface area contributed by atoms with Crippen LogP contribution in [0.4, 0.5) is 0 Å². The summed E-state index contributed by atoms with van der Waals surface area (Å²) in [5.74, 6) is 1.79. The van der Waals surface area contributed by atoms with Gasteiger partial charge in [0.1, 0.15) is 12.2 Å². The number of carbonyl (C=O) groups is 1. The van der Waals surface area contributed by atoms with Crippen LogP contribution in [0.25, 0.3) is 11.1 Å². The number of amides is 1. The molecule has 0 bridgehead atoms. The Kier molecular flexibility index (Phi) is 6.63. The Hall–Kier alpha value is -2.99. The van der Waals surface area contributed by atoms with E-state index in [1.807, 2.05) is 11.2 Å². The van der Waals surface area contributed by atoms with Crippen LogP contribution in [0.2, 0.25) is 0 Å². The predicted molar refractivity (Wildman–Crippen MR) is 139 cm³/mol. The highest BCUT2D eigenvalue weighted by Gasteiger charge is 2.35. The van der Waals surface area contributed by atoms with Gasteiger partial charge in [-0.15, -0.1) is 10.2 Å². The van der Waals surface area contributed by atoms with Gasteiger partial charge in [-0.3, -0.25) is 9.36 Å². The fraction of sp³-hybridized carbons (Fsp3) is 0.615. The average Bonchev–Trinajstić information content (AvgIpc) is 3.57. The molecule has 11 nitrogen and oxygen atoms in total. The van der Waals surface area contributed by atoms with Crippen molar-refractivity contribution in [1.29, 1.82) is 0 Å². The van der Waals surface area contributed by atoms with Crippen molar-refractivity contribution >= 4 is 27.0 Å². The summed E-state index contributed by atoms with van der Waals surface area (Å²) in [4.78, 5) is 27.1. The second-order valence-corrected chi connectivity index (χ2v) is 13.0. The van der Waals surface area contributed by atoms with Gasteiger partial charge in [0.05, 0.1) is 10.4 Å². The normalized spacial score (nSPS) is 20.4. The number of likely N-dealkylation sites (tertiary alicyclic amines) is 1. The van der Waals surface area contributed by atoms with Crippen LogP contribution in [0.5, 0.6) is 0 Å². The van der Waals surface area contributed by atoms with Crippen LogP contribution < -0.4 is 5.76 Å². The van der Waals surface area contributed by atoms with Gasteiger partial charge in [0, 0.05) is 58.2 Å². The molecule has 1 aromatic carbocycles. The van der Waals surface area contributed by atoms with Gasteiger partial charge in [-0.25, -0.2) is 13.2 Å². The first-order chi connectivity index (χ1) is 18.3. The molecule has 0 atom stereocenters. The fourth-order valence-corrected chi connectivity index (χ4v) is 7.29. The summed E-state index contributed by atoms with van der Waals surface area (Å²) in [7, 11) is -2.17. The molecular formula is C26H34N6O5S. The number of sulfonamides is 1. The SMILES string of the molecule is Cn1c(=O)oc2cc(S(=O)(=O)N3CCC(C(=O)N4CCC(Cc5nncn5CC5CC5)CC4)CC3)ccc21. The number of nitrogens with zero attached hydrogens (tertiary/aromatic N) is 6. The minimum Gasteiger partial charge on any atom is -0.408 e. The van der Waals surface area contributed by atoms with E-state index in [-0.39, 0.29) is 22.3 Å². The smallest absolute Gasteiger partial charge is 0.408 e. The van der Waals surface area contributed by atoms with Gasteiger partial charge in [0.25, 0.3) is 0 Å². The van der Waals surface area contributed by atoms with Crippen molar-refractivity contribution in [3.05, 3.63) is 40.9 Å². The van der Waals surface area contributed by atoms with Crippen LogP contribution >= 0.6 is 0 Å². The number of rotatable bonds is 7. The number of hydrogen-bond acceptors (Lipinski definition) is 7. The molecule has 2 aromatic heterocycles. The van der Waals surface area contributed by atoms with Gasteiger partial charge in [-0.1, -0.05) is 0 Å². The van der Waals surface area contributed by atoms with E-state index < -0.39 is 15.8 Å². The first kappa shape index (κ1) is 25.3. The van der Waals surface area contributed by atoms with Gasteiger partial charge >= 0.3 is 5.76 Å². The van der Waals surface area contributed by atoms with Crippen LogP contribution in [0, 0.1) is 17.8 Å². The molecule has 1 saturated carbocycles. The summed E-state index contributed by atoms with van der Waals surface area (Å²) >= 11 is 0. The van der Waals surface area contributed by atoms with E-state index in [2.05, 4.69) is 14.8 Å². The van der Waals surface area contributed by atoms with Gasteiger partial charge in [-0.05, 0) is 62.5 Å². The standard InChI is InChI=1S/C26H34N6O5S/c1-29-22-5-4-21(15-23(22)37-26(29)34)38(35,36)32-12-8-20(9-13-32)25(33)30-10-6-18(7-11-30)14-24-28-27-17-31(24)16-19-2-3-19/h4-5,15,17-20H,2-3,6-14,16H2,1H3. The molecule has 4 heterocycles. The van der Waals surface area contributed by atoms with Crippen molar-refractivity contribution in [2.45, 2.75) is 56.4 Å². The van der Waals surface area contributed by atoms with E-state index in [1.54, 1.807) is 13.1 Å². The zero-order valence-electron chi connectivity index (χ0n) is 21.7. The largest absolute Gasteiger partial charge is 0.419 e. The quantitative estimate of drug-likeness (QED) is 0.447. The third-order valence-corrected chi connectivity index (χ3v) is 10.3. The summed E-state index contributed by atoms with van der Waals surface area (Å²) in [6, 6.07) is 4.49. The summed E-state index contributed by atoms with van der Waals surface area (Å²) in [6.07, 6.45) is 8.26. The number of benzene rings is 1. The van der Waals surface area contributed by atoms with Crippen molar-refractivity contribution in [3.63, 3.8) is 0 Å². The molecule has 0 spiro atoms. The number of hydrogen-bond donors (Lipinski definition) is 0. The highest BCUT2D eigenvalue weighted by atomic mass is 32.2. The highest BCUT2D eigenvalue weighted by Crippen LogP contribution is 2.32. The van der Waals surface area contributed by atoms with Crippen LogP contribution in [0.15, 0.2) is 38.6 Å². The molecule has 3 aromatic rings. The molecule has 2 saturated heterocycles. The van der Waals surface area contributed by atoms with Gasteiger partial charge in [-0.2, -0.15) is 4.31 Å². The Labute approximate surface area is 221 Å². The molecule has 0 N–H and O–H groups in total. The Bertz CT molecular complexity index is 1490. The lowest BCUT2D eigenvalue weighted by molar-refractivity contribution is -0.138. The molecule has 6 rings (SSSR count). The molecule has 0 unspecified atom stereocenters. The van der Waals surface area contributed by atoms with Crippen LogP contribution in [0.3, 0.4) is 0 Å². The number of aryl methyl sites for hydroxylation is 1. The lowest BCUT2D eigenvalue weighted by Crippen LogP contribution is -2.46. The highest BCUT2D eigenvalue weighted by molar-refractivity contribution is 7.89. The first-order valence-corrected chi connectivity index (χ1v) is 15.0. The third kappa shape index (κ3) is 4.91. The number of piperidine rings is 2. The van der Waals surface area contributed by atoms with Crippen molar-refractivity contribution in [2.75, 3.05) is 26.2 Å². The summed E-state index contributed by atoms with van der Waals surface area (Å²) in [5, 5.41) is 8.46.